The molecule has 0 atom stereocenters. The van der Waals surface area contributed by atoms with E-state index in [2.05, 4.69) is 0 Å². The van der Waals surface area contributed by atoms with E-state index in [1.807, 2.05) is 0 Å². The van der Waals surface area contributed by atoms with Gasteiger partial charge in [0, 0.05) is 38.4 Å². The van der Waals surface area contributed by atoms with Gasteiger partial charge in [-0.1, -0.05) is 133 Å². The van der Waals surface area contributed by atoms with Crippen molar-refractivity contribution < 1.29 is 28.8 Å². The maximum atomic E-state index is 9.98. The lowest BCUT2D eigenvalue weighted by atomic mass is 9.95. The third kappa shape index (κ3) is 3.68. The zero-order valence-electron chi connectivity index (χ0n) is 43.4. The van der Waals surface area contributed by atoms with Crippen LogP contribution in [0, 0.1) is 0 Å². The Hall–Kier alpha value is -5.86. The minimum atomic E-state index is -0.860. The van der Waals surface area contributed by atoms with Crippen LogP contribution < -0.4 is 0 Å². The number of para-hydroxylation sites is 4. The van der Waals surface area contributed by atoms with Crippen LogP contribution in [-0.4, -0.2) is 9.13 Å². The van der Waals surface area contributed by atoms with Gasteiger partial charge in [0.25, 0.3) is 0 Å². The molecule has 9 rings (SSSR count). The Morgan fingerprint density at radius 2 is 0.841 bits per heavy atom. The average Bonchev–Trinajstić information content (AvgIpc) is 3.78. The summed E-state index contributed by atoms with van der Waals surface area (Å²) in [7, 11) is 0. The van der Waals surface area contributed by atoms with Gasteiger partial charge in [-0.05, 0) is 47.4 Å². The second-order valence-electron chi connectivity index (χ2n) is 9.73. The van der Waals surface area contributed by atoms with E-state index in [-0.39, 0.29) is 75.0 Å². The van der Waals surface area contributed by atoms with Crippen LogP contribution in [0.4, 0.5) is 0 Å². The summed E-state index contributed by atoms with van der Waals surface area (Å²) < 4.78 is 190. The molecule has 0 aliphatic heterocycles. The number of benzene rings is 7. The molecule has 0 radical (unpaired) electrons. The van der Waals surface area contributed by atoms with Gasteiger partial charge in [0.2, 0.25) is 0 Å². The lowest BCUT2D eigenvalue weighted by Crippen LogP contribution is -2.01. The predicted molar refractivity (Wildman–Crippen MR) is 186 cm³/mol. The van der Waals surface area contributed by atoms with Gasteiger partial charge >= 0.3 is 0 Å². The minimum absolute atomic E-state index is 0.0200. The number of fused-ring (bicyclic) bond motifs is 6. The highest BCUT2D eigenvalue weighted by atomic mass is 15.0. The molecule has 7 aromatic carbocycles. The summed E-state index contributed by atoms with van der Waals surface area (Å²) in [5.74, 6) is 0. The van der Waals surface area contributed by atoms with Crippen LogP contribution in [0.5, 0.6) is 0 Å². The normalized spacial score (nSPS) is 18.3. The number of hydrogen-bond acceptors (Lipinski definition) is 0. The van der Waals surface area contributed by atoms with E-state index < -0.39 is 129 Å². The third-order valence-corrected chi connectivity index (χ3v) is 7.40. The smallest absolute Gasteiger partial charge is 0.0652 e. The van der Waals surface area contributed by atoms with Gasteiger partial charge in [-0.3, -0.25) is 0 Å². The lowest BCUT2D eigenvalue weighted by Gasteiger charge is -2.19. The van der Waals surface area contributed by atoms with Crippen molar-refractivity contribution in [2.45, 2.75) is 0 Å². The molecule has 0 spiro atoms. The molecule has 0 saturated heterocycles. The fourth-order valence-electron chi connectivity index (χ4n) is 5.61. The summed E-state index contributed by atoms with van der Waals surface area (Å²) in [5, 5.41) is -1.57. The Morgan fingerprint density at radius 1 is 0.386 bits per heavy atom. The topological polar surface area (TPSA) is 9.86 Å². The van der Waals surface area contributed by atoms with E-state index in [4.69, 9.17) is 21.9 Å². The molecule has 0 N–H and O–H groups in total. The van der Waals surface area contributed by atoms with E-state index >= 15 is 0 Å². The minimum Gasteiger partial charge on any atom is -0.309 e. The first kappa shape index (κ1) is 11.7. The largest absolute Gasteiger partial charge is 0.309 e. The highest BCUT2D eigenvalue weighted by molar-refractivity contribution is 6.13. The van der Waals surface area contributed by atoms with Crippen molar-refractivity contribution in [3.63, 3.8) is 0 Å². The molecular weight excluding hydrogens is 532 g/mol. The predicted octanol–water partition coefficient (Wildman–Crippen LogP) is 11.2. The van der Waals surface area contributed by atoms with E-state index in [1.165, 1.54) is 18.2 Å². The highest BCUT2D eigenvalue weighted by Gasteiger charge is 2.20. The van der Waals surface area contributed by atoms with Gasteiger partial charge in [-0.2, -0.15) is 0 Å². The molecule has 0 amide bonds. The molecule has 2 nitrogen and oxygen atoms in total. The number of aromatic nitrogens is 2. The van der Waals surface area contributed by atoms with Crippen LogP contribution in [0.2, 0.25) is 0 Å². The molecule has 44 heavy (non-hydrogen) atoms. The zero-order chi connectivity index (χ0) is 47.3. The molecule has 0 saturated carbocycles. The van der Waals surface area contributed by atoms with Crippen molar-refractivity contribution in [2.24, 2.45) is 0 Å². The molecule has 0 bridgehead atoms. The Labute approximate surface area is 285 Å². The molecule has 0 fully saturated rings. The number of nitrogens with zero attached hydrogens (tertiary/aromatic N) is 2. The Kier molecular flexibility index (Phi) is 2.62. The summed E-state index contributed by atoms with van der Waals surface area (Å²) in [6.07, 6.45) is 0. The fourth-order valence-corrected chi connectivity index (χ4v) is 5.61. The van der Waals surface area contributed by atoms with Gasteiger partial charge < -0.3 is 9.13 Å². The molecule has 0 unspecified atom stereocenters. The third-order valence-electron chi connectivity index (χ3n) is 7.40. The molecule has 9 aromatic rings. The first-order valence-electron chi connectivity index (χ1n) is 23.9. The monoisotopic (exact) mass is 581 g/mol. The maximum Gasteiger partial charge on any atom is 0.0652 e. The summed E-state index contributed by atoms with van der Waals surface area (Å²) >= 11 is 0. The fraction of sp³-hybridized carbons (Fsp3) is 0. The van der Waals surface area contributed by atoms with Crippen molar-refractivity contribution >= 4 is 43.6 Å². The van der Waals surface area contributed by atoms with E-state index in [0.717, 1.165) is 33.4 Å². The van der Waals surface area contributed by atoms with Crippen LogP contribution in [0.25, 0.3) is 77.2 Å². The first-order chi connectivity index (χ1) is 30.5. The van der Waals surface area contributed by atoms with E-state index in [9.17, 15) is 6.85 Å². The quantitative estimate of drug-likeness (QED) is 0.196. The SMILES string of the molecule is [2H]c1cc([2H])c(-c2cccc(-c3c([2H])cc([2H])cc3[2H])c2-n2c3c([2H])c([2H])c([2H])c([2H])c3c3c([2H])c(-n4c5c([2H])c([2H])c([2H])c([2H])c5c5c([2H])c([2H])c([2H])c([2H])c54)c([2H])c([2H])c32)c([2H])c1. The van der Waals surface area contributed by atoms with Gasteiger partial charge in [-0.25, -0.2) is 0 Å². The van der Waals surface area contributed by atoms with Crippen LogP contribution in [0.1, 0.15) is 28.8 Å². The average molecular weight is 582 g/mol. The second kappa shape index (κ2) is 9.86. The standard InChI is InChI=1S/C42H28N2/c1-3-14-29(15-4-1)32-21-13-22-33(30-16-5-2-6-17-30)42(32)44-40-25-12-9-20-36(40)37-28-31(26-27-41(37)44)43-38-23-10-7-18-34(38)35-19-8-11-24-39(35)43/h1-28H/i1D,2D,7D,8D,9D,10D,11D,12D,14D,15D,16D,17D,18D,19D,20D,23D,24D,25D,26D,27D,28D. The lowest BCUT2D eigenvalue weighted by molar-refractivity contribution is 1.17. The van der Waals surface area contributed by atoms with E-state index in [1.54, 1.807) is 0 Å². The van der Waals surface area contributed by atoms with Crippen LogP contribution in [0.3, 0.4) is 0 Å². The van der Waals surface area contributed by atoms with Crippen molar-refractivity contribution in [1.82, 2.24) is 9.13 Å². The van der Waals surface area contributed by atoms with Crippen molar-refractivity contribution in [2.75, 3.05) is 0 Å². The van der Waals surface area contributed by atoms with Crippen LogP contribution in [0.15, 0.2) is 169 Å². The summed E-state index contributed by atoms with van der Waals surface area (Å²) in [6, 6.07) is -4.10. The number of rotatable bonds is 4. The van der Waals surface area contributed by atoms with Gasteiger partial charge in [0.05, 0.1) is 56.5 Å². The number of hydrogen-bond donors (Lipinski definition) is 0. The van der Waals surface area contributed by atoms with E-state index in [0.29, 0.717) is 0 Å². The van der Waals surface area contributed by atoms with Crippen molar-refractivity contribution in [3.8, 4) is 33.6 Å². The Balaban J connectivity index is 1.60. The van der Waals surface area contributed by atoms with Crippen LogP contribution >= 0.6 is 0 Å². The summed E-state index contributed by atoms with van der Waals surface area (Å²) in [5.41, 5.74) is -2.83. The molecule has 0 aliphatic rings. The Bertz CT molecular complexity index is 3480. The van der Waals surface area contributed by atoms with Crippen molar-refractivity contribution in [3.05, 3.63) is 169 Å². The maximum absolute atomic E-state index is 9.98. The first-order valence-corrected chi connectivity index (χ1v) is 13.4. The molecular formula is C42H28N2. The molecule has 0 aliphatic carbocycles. The molecule has 2 heteroatoms. The zero-order valence-corrected chi connectivity index (χ0v) is 22.4. The van der Waals surface area contributed by atoms with Gasteiger partial charge in [-0.15, -0.1) is 0 Å². The molecule has 206 valence electrons. The highest BCUT2D eigenvalue weighted by Crippen LogP contribution is 2.42. The second-order valence-corrected chi connectivity index (χ2v) is 9.73. The van der Waals surface area contributed by atoms with Crippen molar-refractivity contribution in [1.29, 1.82) is 0 Å². The van der Waals surface area contributed by atoms with Crippen LogP contribution in [-0.2, 0) is 0 Å². The molecule has 2 heterocycles. The summed E-state index contributed by atoms with van der Waals surface area (Å²) in [6.45, 7) is 0. The molecule has 2 aromatic heterocycles. The van der Waals surface area contributed by atoms with Gasteiger partial charge in [0.15, 0.2) is 0 Å². The van der Waals surface area contributed by atoms with Gasteiger partial charge in [0.1, 0.15) is 0 Å². The summed E-state index contributed by atoms with van der Waals surface area (Å²) in [4.78, 5) is 0. The Morgan fingerprint density at radius 3 is 1.39 bits per heavy atom.